The normalized spacial score (nSPS) is 29.0. The maximum Gasteiger partial charge on any atom is 0.00309 e. The monoisotopic (exact) mass is 234 g/mol. The van der Waals surface area contributed by atoms with Gasteiger partial charge in [0, 0.05) is 5.41 Å². The van der Waals surface area contributed by atoms with Crippen LogP contribution in [0.15, 0.2) is 54.6 Å². The van der Waals surface area contributed by atoms with Gasteiger partial charge in [-0.3, -0.25) is 0 Å². The summed E-state index contributed by atoms with van der Waals surface area (Å²) in [7, 11) is 0. The minimum Gasteiger partial charge on any atom is -0.0622 e. The van der Waals surface area contributed by atoms with Crippen LogP contribution in [0.2, 0.25) is 0 Å². The molecule has 1 spiro atoms. The fraction of sp³-hybridized carbons (Fsp3) is 0.333. The van der Waals surface area contributed by atoms with Crippen molar-refractivity contribution < 1.29 is 0 Å². The topological polar surface area (TPSA) is 0 Å². The Morgan fingerprint density at radius 2 is 1.67 bits per heavy atom. The van der Waals surface area contributed by atoms with Gasteiger partial charge in [-0.25, -0.2) is 0 Å². The molecule has 0 amide bonds. The van der Waals surface area contributed by atoms with Crippen molar-refractivity contribution in [2.45, 2.75) is 37.0 Å². The first kappa shape index (κ1) is 10.4. The van der Waals surface area contributed by atoms with E-state index >= 15 is 0 Å². The second-order valence-electron chi connectivity index (χ2n) is 5.83. The zero-order chi connectivity index (χ0) is 12.0. The van der Waals surface area contributed by atoms with Gasteiger partial charge in [0.1, 0.15) is 0 Å². The lowest BCUT2D eigenvalue weighted by atomic mass is 9.78. The zero-order valence-electron chi connectivity index (χ0n) is 10.6. The number of hydrogen-bond donors (Lipinski definition) is 0. The van der Waals surface area contributed by atoms with Crippen molar-refractivity contribution >= 4 is 0 Å². The van der Waals surface area contributed by atoms with E-state index in [0.717, 1.165) is 5.92 Å². The van der Waals surface area contributed by atoms with Crippen LogP contribution in [0.3, 0.4) is 0 Å². The summed E-state index contributed by atoms with van der Waals surface area (Å²) in [6.07, 6.45) is 5.37. The molecule has 90 valence electrons. The zero-order valence-corrected chi connectivity index (χ0v) is 10.6. The van der Waals surface area contributed by atoms with Gasteiger partial charge in [0.05, 0.1) is 0 Å². The Morgan fingerprint density at radius 1 is 0.889 bits per heavy atom. The highest BCUT2D eigenvalue weighted by atomic mass is 14.6. The molecule has 1 fully saturated rings. The first-order valence-corrected chi connectivity index (χ1v) is 7.03. The van der Waals surface area contributed by atoms with Crippen LogP contribution in [-0.4, -0.2) is 0 Å². The number of benzene rings is 2. The molecule has 0 N–H and O–H groups in total. The maximum absolute atomic E-state index is 2.37. The van der Waals surface area contributed by atoms with E-state index in [9.17, 15) is 0 Å². The Bertz CT molecular complexity index is 570. The number of aryl methyl sites for hydroxylation is 1. The summed E-state index contributed by atoms with van der Waals surface area (Å²) in [6, 6.07) is 20.2. The van der Waals surface area contributed by atoms with Crippen molar-refractivity contribution in [1.29, 1.82) is 0 Å². The van der Waals surface area contributed by atoms with Crippen LogP contribution in [-0.2, 0) is 11.8 Å². The Balaban J connectivity index is 1.76. The molecule has 4 rings (SSSR count). The SMILES string of the molecule is c1ccc(C2CC23CCCc2ccccc23)cc1. The van der Waals surface area contributed by atoms with Crippen molar-refractivity contribution in [2.24, 2.45) is 0 Å². The Morgan fingerprint density at radius 3 is 2.56 bits per heavy atom. The largest absolute Gasteiger partial charge is 0.0622 e. The molecule has 1 saturated carbocycles. The van der Waals surface area contributed by atoms with E-state index in [2.05, 4.69) is 54.6 Å². The van der Waals surface area contributed by atoms with E-state index in [1.54, 1.807) is 11.1 Å². The molecule has 2 aromatic rings. The van der Waals surface area contributed by atoms with E-state index < -0.39 is 0 Å². The highest BCUT2D eigenvalue weighted by molar-refractivity contribution is 5.48. The molecule has 0 aromatic heterocycles. The fourth-order valence-corrected chi connectivity index (χ4v) is 3.95. The van der Waals surface area contributed by atoms with Gasteiger partial charge >= 0.3 is 0 Å². The third-order valence-electron chi connectivity index (χ3n) is 4.90. The van der Waals surface area contributed by atoms with Gasteiger partial charge in [-0.2, -0.15) is 0 Å². The summed E-state index contributed by atoms with van der Waals surface area (Å²) in [5.41, 5.74) is 5.26. The van der Waals surface area contributed by atoms with Crippen LogP contribution in [0.5, 0.6) is 0 Å². The molecule has 18 heavy (non-hydrogen) atoms. The third-order valence-corrected chi connectivity index (χ3v) is 4.90. The maximum atomic E-state index is 2.37. The highest BCUT2D eigenvalue weighted by Crippen LogP contribution is 2.65. The fourth-order valence-electron chi connectivity index (χ4n) is 3.95. The quantitative estimate of drug-likeness (QED) is 0.684. The van der Waals surface area contributed by atoms with Gasteiger partial charge in [0.2, 0.25) is 0 Å². The number of hydrogen-bond acceptors (Lipinski definition) is 0. The van der Waals surface area contributed by atoms with Crippen molar-refractivity contribution in [3.05, 3.63) is 71.3 Å². The first-order valence-electron chi connectivity index (χ1n) is 7.03. The van der Waals surface area contributed by atoms with Crippen molar-refractivity contribution in [3.8, 4) is 0 Å². The molecule has 2 atom stereocenters. The van der Waals surface area contributed by atoms with Gasteiger partial charge < -0.3 is 0 Å². The predicted octanol–water partition coefficient (Wildman–Crippen LogP) is 4.45. The van der Waals surface area contributed by atoms with Crippen molar-refractivity contribution in [2.75, 3.05) is 0 Å². The Kier molecular flexibility index (Phi) is 2.14. The van der Waals surface area contributed by atoms with Crippen LogP contribution in [0, 0.1) is 0 Å². The second-order valence-corrected chi connectivity index (χ2v) is 5.83. The molecule has 0 radical (unpaired) electrons. The Hall–Kier alpha value is -1.56. The van der Waals surface area contributed by atoms with Crippen LogP contribution < -0.4 is 0 Å². The van der Waals surface area contributed by atoms with Gasteiger partial charge in [-0.15, -0.1) is 0 Å². The number of fused-ring (bicyclic) bond motifs is 2. The van der Waals surface area contributed by atoms with Crippen LogP contribution in [0.4, 0.5) is 0 Å². The van der Waals surface area contributed by atoms with E-state index in [1.165, 1.54) is 31.2 Å². The summed E-state index contributed by atoms with van der Waals surface area (Å²) < 4.78 is 0. The molecule has 0 saturated heterocycles. The standard InChI is InChI=1S/C18H18/c1-2-7-15(8-3-1)17-13-18(17)12-6-10-14-9-4-5-11-16(14)18/h1-5,7-9,11,17H,6,10,12-13H2. The molecule has 2 aliphatic rings. The summed E-state index contributed by atoms with van der Waals surface area (Å²) >= 11 is 0. The molecular formula is C18H18. The molecule has 0 aliphatic heterocycles. The molecule has 2 unspecified atom stereocenters. The predicted molar refractivity (Wildman–Crippen MR) is 74.9 cm³/mol. The minimum atomic E-state index is 0.482. The van der Waals surface area contributed by atoms with Crippen LogP contribution in [0.1, 0.15) is 41.9 Å². The van der Waals surface area contributed by atoms with E-state index in [1.807, 2.05) is 0 Å². The van der Waals surface area contributed by atoms with Gasteiger partial charge in [0.15, 0.2) is 0 Å². The van der Waals surface area contributed by atoms with Crippen LogP contribution in [0.25, 0.3) is 0 Å². The summed E-state index contributed by atoms with van der Waals surface area (Å²) in [6.45, 7) is 0. The van der Waals surface area contributed by atoms with E-state index in [4.69, 9.17) is 0 Å². The molecule has 0 nitrogen and oxygen atoms in total. The van der Waals surface area contributed by atoms with E-state index in [0.29, 0.717) is 5.41 Å². The minimum absolute atomic E-state index is 0.482. The Labute approximate surface area is 109 Å². The first-order chi connectivity index (χ1) is 8.90. The van der Waals surface area contributed by atoms with E-state index in [-0.39, 0.29) is 0 Å². The lowest BCUT2D eigenvalue weighted by molar-refractivity contribution is 0.527. The molecule has 0 heteroatoms. The molecule has 0 bridgehead atoms. The molecular weight excluding hydrogens is 216 g/mol. The van der Waals surface area contributed by atoms with Gasteiger partial charge in [-0.1, -0.05) is 54.6 Å². The van der Waals surface area contributed by atoms with Crippen molar-refractivity contribution in [1.82, 2.24) is 0 Å². The highest BCUT2D eigenvalue weighted by Gasteiger charge is 2.56. The second kappa shape index (κ2) is 3.71. The van der Waals surface area contributed by atoms with Gasteiger partial charge in [-0.05, 0) is 48.3 Å². The molecule has 0 heterocycles. The summed E-state index contributed by atoms with van der Waals surface area (Å²) in [5, 5.41) is 0. The average Bonchev–Trinajstić information content (AvgIpc) is 3.16. The van der Waals surface area contributed by atoms with Crippen LogP contribution >= 0.6 is 0 Å². The lowest BCUT2D eigenvalue weighted by Gasteiger charge is -2.26. The smallest absolute Gasteiger partial charge is 0.00309 e. The molecule has 2 aliphatic carbocycles. The third kappa shape index (κ3) is 1.38. The van der Waals surface area contributed by atoms with Gasteiger partial charge in [0.25, 0.3) is 0 Å². The average molecular weight is 234 g/mol. The molecule has 2 aromatic carbocycles. The summed E-state index contributed by atoms with van der Waals surface area (Å²) in [5.74, 6) is 0.764. The lowest BCUT2D eigenvalue weighted by Crippen LogP contribution is -2.17. The number of rotatable bonds is 1. The summed E-state index contributed by atoms with van der Waals surface area (Å²) in [4.78, 5) is 0. The van der Waals surface area contributed by atoms with Crippen molar-refractivity contribution in [3.63, 3.8) is 0 Å².